The number of anilines is 2. The van der Waals surface area contributed by atoms with Gasteiger partial charge in [0.05, 0.1) is 0 Å². The number of carbonyl (C=O) groups excluding carboxylic acids is 1. The van der Waals surface area contributed by atoms with E-state index in [1.54, 1.807) is 0 Å². The van der Waals surface area contributed by atoms with Crippen molar-refractivity contribution in [1.29, 1.82) is 0 Å². The lowest BCUT2D eigenvalue weighted by Gasteiger charge is -2.10. The van der Waals surface area contributed by atoms with Gasteiger partial charge < -0.3 is 11.1 Å². The third-order valence-corrected chi connectivity index (χ3v) is 2.76. The van der Waals surface area contributed by atoms with Gasteiger partial charge in [0.1, 0.15) is 10.7 Å². The van der Waals surface area contributed by atoms with E-state index in [0.29, 0.717) is 17.4 Å². The molecule has 0 unspecified atom stereocenters. The predicted molar refractivity (Wildman–Crippen MR) is 70.3 cm³/mol. The second kappa shape index (κ2) is 5.57. The third-order valence-electron chi connectivity index (χ3n) is 2.47. The maximum Gasteiger partial charge on any atom is 0.420 e. The number of hydrogen-bond acceptors (Lipinski definition) is 4. The summed E-state index contributed by atoms with van der Waals surface area (Å²) in [6, 6.07) is 5.93. The number of amides is 1. The van der Waals surface area contributed by atoms with E-state index in [9.17, 15) is 18.0 Å². The number of nitrogens with zero attached hydrogens (tertiary/aromatic N) is 2. The number of carbonyl (C=O) groups is 1. The standard InChI is InChI=1S/C12H8ClF3N4O/c13-9-8(12(14,15)16)5-18-11(20-9)19-7-3-1-6(2-4-7)10(17)21/h1-5H,(H2,17,21)(H,18,19,20). The van der Waals surface area contributed by atoms with Crippen molar-refractivity contribution in [3.63, 3.8) is 0 Å². The van der Waals surface area contributed by atoms with Crippen LogP contribution in [0.3, 0.4) is 0 Å². The van der Waals surface area contributed by atoms with Crippen molar-refractivity contribution in [3.05, 3.63) is 46.7 Å². The molecule has 9 heteroatoms. The molecule has 1 aromatic heterocycles. The molecular formula is C12H8ClF3N4O. The predicted octanol–water partition coefficient (Wildman–Crippen LogP) is 2.99. The van der Waals surface area contributed by atoms with E-state index in [0.717, 1.165) is 0 Å². The number of benzene rings is 1. The highest BCUT2D eigenvalue weighted by Crippen LogP contribution is 2.33. The van der Waals surface area contributed by atoms with Gasteiger partial charge in [-0.2, -0.15) is 13.2 Å². The molecule has 21 heavy (non-hydrogen) atoms. The molecule has 0 saturated carbocycles. The molecule has 0 bridgehead atoms. The van der Waals surface area contributed by atoms with Crippen LogP contribution in [0.15, 0.2) is 30.5 Å². The molecule has 2 aromatic rings. The Hall–Kier alpha value is -2.35. The number of rotatable bonds is 3. The molecule has 3 N–H and O–H groups in total. The van der Waals surface area contributed by atoms with Gasteiger partial charge in [-0.15, -0.1) is 0 Å². The Labute approximate surface area is 122 Å². The zero-order valence-electron chi connectivity index (χ0n) is 10.3. The largest absolute Gasteiger partial charge is 0.420 e. The van der Waals surface area contributed by atoms with Crippen LogP contribution in [-0.4, -0.2) is 15.9 Å². The molecule has 0 aliphatic carbocycles. The summed E-state index contributed by atoms with van der Waals surface area (Å²) in [5.74, 6) is -0.685. The smallest absolute Gasteiger partial charge is 0.366 e. The summed E-state index contributed by atoms with van der Waals surface area (Å²) >= 11 is 5.47. The fraction of sp³-hybridized carbons (Fsp3) is 0.0833. The highest BCUT2D eigenvalue weighted by Gasteiger charge is 2.34. The van der Waals surface area contributed by atoms with Crippen molar-refractivity contribution in [2.45, 2.75) is 6.18 Å². The van der Waals surface area contributed by atoms with Crippen molar-refractivity contribution in [2.24, 2.45) is 5.73 Å². The molecule has 1 heterocycles. The molecule has 5 nitrogen and oxygen atoms in total. The molecule has 0 fully saturated rings. The van der Waals surface area contributed by atoms with Gasteiger partial charge in [0.15, 0.2) is 0 Å². The number of alkyl halides is 3. The Morgan fingerprint density at radius 3 is 2.33 bits per heavy atom. The van der Waals surface area contributed by atoms with Crippen LogP contribution in [0.5, 0.6) is 0 Å². The first-order valence-electron chi connectivity index (χ1n) is 5.54. The van der Waals surface area contributed by atoms with E-state index in [2.05, 4.69) is 15.3 Å². The molecule has 110 valence electrons. The summed E-state index contributed by atoms with van der Waals surface area (Å²) in [6.45, 7) is 0. The minimum absolute atomic E-state index is 0.0974. The average Bonchev–Trinajstić information content (AvgIpc) is 2.37. The summed E-state index contributed by atoms with van der Waals surface area (Å²) < 4.78 is 37.5. The maximum absolute atomic E-state index is 12.5. The van der Waals surface area contributed by atoms with Crippen molar-refractivity contribution in [3.8, 4) is 0 Å². The molecule has 0 atom stereocenters. The topological polar surface area (TPSA) is 80.9 Å². The highest BCUT2D eigenvalue weighted by molar-refractivity contribution is 6.30. The van der Waals surface area contributed by atoms with E-state index in [1.165, 1.54) is 24.3 Å². The van der Waals surface area contributed by atoms with Gasteiger partial charge in [-0.1, -0.05) is 11.6 Å². The minimum Gasteiger partial charge on any atom is -0.366 e. The van der Waals surface area contributed by atoms with E-state index in [-0.39, 0.29) is 5.95 Å². The van der Waals surface area contributed by atoms with Crippen LogP contribution in [0.1, 0.15) is 15.9 Å². The summed E-state index contributed by atoms with van der Waals surface area (Å²) in [5, 5.41) is 1.96. The van der Waals surface area contributed by atoms with Crippen LogP contribution in [0.4, 0.5) is 24.8 Å². The van der Waals surface area contributed by atoms with E-state index in [4.69, 9.17) is 17.3 Å². The first-order valence-corrected chi connectivity index (χ1v) is 5.92. The monoisotopic (exact) mass is 316 g/mol. The molecule has 0 aliphatic heterocycles. The highest BCUT2D eigenvalue weighted by atomic mass is 35.5. The van der Waals surface area contributed by atoms with E-state index >= 15 is 0 Å². The minimum atomic E-state index is -4.61. The third kappa shape index (κ3) is 3.60. The summed E-state index contributed by atoms with van der Waals surface area (Å²) in [5.41, 5.74) is 4.74. The normalized spacial score (nSPS) is 11.2. The van der Waals surface area contributed by atoms with Gasteiger partial charge in [-0.3, -0.25) is 4.79 Å². The first kappa shape index (κ1) is 15.0. The second-order valence-corrected chi connectivity index (χ2v) is 4.32. The SMILES string of the molecule is NC(=O)c1ccc(Nc2ncc(C(F)(F)F)c(Cl)n2)cc1. The summed E-state index contributed by atoms with van der Waals surface area (Å²) in [6.07, 6.45) is -4.02. The summed E-state index contributed by atoms with van der Waals surface area (Å²) in [4.78, 5) is 18.0. The number of primary amides is 1. The fourth-order valence-electron chi connectivity index (χ4n) is 1.46. The zero-order valence-corrected chi connectivity index (χ0v) is 11.0. The van der Waals surface area contributed by atoms with Crippen LogP contribution in [0.25, 0.3) is 0 Å². The molecule has 0 radical (unpaired) electrons. The Bertz CT molecular complexity index is 673. The van der Waals surface area contributed by atoms with Crippen molar-refractivity contribution in [1.82, 2.24) is 9.97 Å². The lowest BCUT2D eigenvalue weighted by molar-refractivity contribution is -0.137. The average molecular weight is 317 g/mol. The van der Waals surface area contributed by atoms with Gasteiger partial charge in [0.25, 0.3) is 0 Å². The van der Waals surface area contributed by atoms with Crippen LogP contribution in [0, 0.1) is 0 Å². The Kier molecular flexibility index (Phi) is 3.99. The number of halogens is 4. The number of nitrogens with two attached hydrogens (primary N) is 1. The van der Waals surface area contributed by atoms with Gasteiger partial charge in [-0.05, 0) is 24.3 Å². The quantitative estimate of drug-likeness (QED) is 0.853. The summed E-state index contributed by atoms with van der Waals surface area (Å²) in [7, 11) is 0. The molecule has 0 spiro atoms. The van der Waals surface area contributed by atoms with E-state index in [1.807, 2.05) is 0 Å². The number of aromatic nitrogens is 2. The molecule has 1 amide bonds. The van der Waals surface area contributed by atoms with Gasteiger partial charge in [-0.25, -0.2) is 9.97 Å². The number of nitrogens with one attached hydrogen (secondary N) is 1. The second-order valence-electron chi connectivity index (χ2n) is 3.96. The van der Waals surface area contributed by atoms with Crippen molar-refractivity contribution in [2.75, 3.05) is 5.32 Å². The molecule has 0 saturated heterocycles. The van der Waals surface area contributed by atoms with Crippen LogP contribution in [-0.2, 0) is 6.18 Å². The molecule has 0 aliphatic rings. The van der Waals surface area contributed by atoms with Crippen molar-refractivity contribution >= 4 is 29.1 Å². The Balaban J connectivity index is 2.20. The van der Waals surface area contributed by atoms with Crippen LogP contribution in [0.2, 0.25) is 5.15 Å². The van der Waals surface area contributed by atoms with Crippen LogP contribution >= 0.6 is 11.6 Å². The van der Waals surface area contributed by atoms with Gasteiger partial charge in [0, 0.05) is 17.4 Å². The Morgan fingerprint density at radius 1 is 1.24 bits per heavy atom. The maximum atomic E-state index is 12.5. The van der Waals surface area contributed by atoms with Gasteiger partial charge in [0.2, 0.25) is 11.9 Å². The van der Waals surface area contributed by atoms with Crippen LogP contribution < -0.4 is 11.1 Å². The first-order chi connectivity index (χ1) is 9.77. The molecule has 1 aromatic carbocycles. The van der Waals surface area contributed by atoms with Crippen molar-refractivity contribution < 1.29 is 18.0 Å². The molecular weight excluding hydrogens is 309 g/mol. The Morgan fingerprint density at radius 2 is 1.86 bits per heavy atom. The molecule has 2 rings (SSSR count). The lowest BCUT2D eigenvalue weighted by atomic mass is 10.2. The van der Waals surface area contributed by atoms with Gasteiger partial charge >= 0.3 is 6.18 Å². The zero-order chi connectivity index (χ0) is 15.6. The van der Waals surface area contributed by atoms with E-state index < -0.39 is 22.8 Å². The lowest BCUT2D eigenvalue weighted by Crippen LogP contribution is -2.11. The fourth-order valence-corrected chi connectivity index (χ4v) is 1.69. The number of hydrogen-bond donors (Lipinski definition) is 2.